The van der Waals surface area contributed by atoms with Crippen molar-refractivity contribution in [2.24, 2.45) is 11.7 Å². The lowest BCUT2D eigenvalue weighted by Crippen LogP contribution is -2.42. The smallest absolute Gasteiger partial charge is 0.323 e. The second-order valence-corrected chi connectivity index (χ2v) is 5.40. The minimum Gasteiger partial charge on any atom is -0.487 e. The molecule has 0 radical (unpaired) electrons. The molecule has 0 aliphatic carbocycles. The summed E-state index contributed by atoms with van der Waals surface area (Å²) in [5.74, 6) is 0.652. The first-order valence-electron chi connectivity index (χ1n) is 7.67. The van der Waals surface area contributed by atoms with Gasteiger partial charge in [-0.3, -0.25) is 4.79 Å². The van der Waals surface area contributed by atoms with Gasteiger partial charge in [-0.15, -0.1) is 0 Å². The fourth-order valence-electron chi connectivity index (χ4n) is 2.35. The van der Waals surface area contributed by atoms with E-state index in [4.69, 9.17) is 15.2 Å². The Kier molecular flexibility index (Phi) is 7.23. The zero-order valence-corrected chi connectivity index (χ0v) is 13.4. The molecule has 0 heterocycles. The van der Waals surface area contributed by atoms with E-state index in [0.717, 1.165) is 18.6 Å². The van der Waals surface area contributed by atoms with Crippen molar-refractivity contribution in [1.29, 1.82) is 0 Å². The lowest BCUT2D eigenvalue weighted by atomic mass is 9.93. The molecule has 0 aromatic heterocycles. The third-order valence-corrected chi connectivity index (χ3v) is 3.67. The minimum atomic E-state index is -0.620. The molecule has 0 saturated carbocycles. The highest BCUT2D eigenvalue weighted by molar-refractivity contribution is 5.75. The Balaban J connectivity index is 2.81. The van der Waals surface area contributed by atoms with E-state index in [1.54, 1.807) is 6.92 Å². The summed E-state index contributed by atoms with van der Waals surface area (Å²) in [6.07, 6.45) is 1.34. The molecule has 0 spiro atoms. The molecule has 1 aromatic carbocycles. The van der Waals surface area contributed by atoms with Crippen LogP contribution in [0.15, 0.2) is 30.3 Å². The van der Waals surface area contributed by atoms with E-state index in [1.165, 1.54) is 0 Å². The van der Waals surface area contributed by atoms with Gasteiger partial charge in [0.25, 0.3) is 0 Å². The van der Waals surface area contributed by atoms with Crippen LogP contribution in [0, 0.1) is 5.92 Å². The molecule has 2 N–H and O–H groups in total. The zero-order valence-electron chi connectivity index (χ0n) is 13.4. The van der Waals surface area contributed by atoms with Crippen molar-refractivity contribution in [2.75, 3.05) is 0 Å². The summed E-state index contributed by atoms with van der Waals surface area (Å²) in [6, 6.07) is 8.95. The third-order valence-electron chi connectivity index (χ3n) is 3.67. The number of rotatable bonds is 8. The Morgan fingerprint density at radius 2 is 1.71 bits per heavy atom. The van der Waals surface area contributed by atoms with E-state index in [0.29, 0.717) is 0 Å². The van der Waals surface area contributed by atoms with Gasteiger partial charge in [0.1, 0.15) is 24.0 Å². The molecule has 4 heteroatoms. The maximum Gasteiger partial charge on any atom is 0.323 e. The molecule has 4 nitrogen and oxygen atoms in total. The van der Waals surface area contributed by atoms with Gasteiger partial charge in [0.05, 0.1) is 0 Å². The summed E-state index contributed by atoms with van der Waals surface area (Å²) in [7, 11) is 0. The van der Waals surface area contributed by atoms with Crippen molar-refractivity contribution < 1.29 is 14.3 Å². The molecule has 0 saturated heterocycles. The largest absolute Gasteiger partial charge is 0.487 e. The first-order chi connectivity index (χ1) is 9.99. The van der Waals surface area contributed by atoms with Crippen LogP contribution in [0.1, 0.15) is 40.5 Å². The number of carbonyl (C=O) groups is 1. The predicted octanol–water partition coefficient (Wildman–Crippen LogP) is 3.15. The average molecular weight is 293 g/mol. The highest BCUT2D eigenvalue weighted by Crippen LogP contribution is 2.23. The fourth-order valence-corrected chi connectivity index (χ4v) is 2.35. The Morgan fingerprint density at radius 3 is 2.19 bits per heavy atom. The number of para-hydroxylation sites is 1. The molecule has 1 rings (SSSR count). The minimum absolute atomic E-state index is 0.222. The summed E-state index contributed by atoms with van der Waals surface area (Å²) < 4.78 is 11.5. The van der Waals surface area contributed by atoms with Crippen molar-refractivity contribution in [2.45, 2.75) is 58.8 Å². The summed E-state index contributed by atoms with van der Waals surface area (Å²) >= 11 is 0. The average Bonchev–Trinajstić information content (AvgIpc) is 2.48. The number of carbonyl (C=O) groups excluding carboxylic acids is 1. The van der Waals surface area contributed by atoms with Gasteiger partial charge < -0.3 is 15.2 Å². The summed E-state index contributed by atoms with van der Waals surface area (Å²) in [5, 5.41) is 0. The molecule has 3 atom stereocenters. The summed E-state index contributed by atoms with van der Waals surface area (Å²) in [4.78, 5) is 11.8. The molecule has 1 aromatic rings. The molecule has 0 aliphatic rings. The molecular formula is C17H27NO3. The Hall–Kier alpha value is -1.55. The Morgan fingerprint density at radius 1 is 1.14 bits per heavy atom. The number of hydrogen-bond acceptors (Lipinski definition) is 4. The van der Waals surface area contributed by atoms with Crippen LogP contribution in [0.3, 0.4) is 0 Å². The molecule has 0 amide bonds. The van der Waals surface area contributed by atoms with E-state index in [-0.39, 0.29) is 24.1 Å². The van der Waals surface area contributed by atoms with Gasteiger partial charge in [0, 0.05) is 0 Å². The second kappa shape index (κ2) is 8.67. The molecule has 0 aliphatic heterocycles. The topological polar surface area (TPSA) is 61.5 Å². The quantitative estimate of drug-likeness (QED) is 0.748. The molecule has 0 bridgehead atoms. The van der Waals surface area contributed by atoms with Crippen LogP contribution < -0.4 is 10.5 Å². The first-order valence-corrected chi connectivity index (χ1v) is 7.67. The number of nitrogens with two attached hydrogens (primary N) is 1. The highest BCUT2D eigenvalue weighted by atomic mass is 16.6. The van der Waals surface area contributed by atoms with Gasteiger partial charge in [0.15, 0.2) is 0 Å². The summed E-state index contributed by atoms with van der Waals surface area (Å²) in [5.41, 5.74) is 5.60. The lowest BCUT2D eigenvalue weighted by Gasteiger charge is -2.31. The van der Waals surface area contributed by atoms with Crippen LogP contribution in [0.25, 0.3) is 0 Å². The standard InChI is InChI=1S/C17H27NO3/c1-5-14(6-2)16(21-17(19)12(3)18)13(4)20-15-10-8-7-9-11-15/h7-14,16H,5-6,18H2,1-4H3/t12-,13-,16?/m0/s1. The van der Waals surface area contributed by atoms with Crippen molar-refractivity contribution in [3.05, 3.63) is 30.3 Å². The number of benzene rings is 1. The highest BCUT2D eigenvalue weighted by Gasteiger charge is 2.30. The molecular weight excluding hydrogens is 266 g/mol. The van der Waals surface area contributed by atoms with Crippen molar-refractivity contribution in [3.8, 4) is 5.75 Å². The summed E-state index contributed by atoms with van der Waals surface area (Å²) in [6.45, 7) is 7.76. The van der Waals surface area contributed by atoms with Crippen molar-refractivity contribution in [1.82, 2.24) is 0 Å². The van der Waals surface area contributed by atoms with Crippen LogP contribution in [-0.4, -0.2) is 24.2 Å². The van der Waals surface area contributed by atoms with Gasteiger partial charge in [-0.05, 0) is 44.7 Å². The number of esters is 1. The van der Waals surface area contributed by atoms with Gasteiger partial charge in [-0.2, -0.15) is 0 Å². The van der Waals surface area contributed by atoms with Gasteiger partial charge >= 0.3 is 5.97 Å². The monoisotopic (exact) mass is 293 g/mol. The SMILES string of the molecule is CCC(CC)C(OC(=O)[C@H](C)N)[C@H](C)Oc1ccccc1. The van der Waals surface area contributed by atoms with Crippen LogP contribution in [0.2, 0.25) is 0 Å². The Bertz CT molecular complexity index is 415. The van der Waals surface area contributed by atoms with E-state index >= 15 is 0 Å². The lowest BCUT2D eigenvalue weighted by molar-refractivity contribution is -0.159. The van der Waals surface area contributed by atoms with Gasteiger partial charge in [-0.1, -0.05) is 32.0 Å². The maximum atomic E-state index is 11.8. The van der Waals surface area contributed by atoms with Crippen LogP contribution in [-0.2, 0) is 9.53 Å². The van der Waals surface area contributed by atoms with Crippen molar-refractivity contribution in [3.63, 3.8) is 0 Å². The number of ether oxygens (including phenoxy) is 2. The second-order valence-electron chi connectivity index (χ2n) is 5.40. The van der Waals surface area contributed by atoms with Gasteiger partial charge in [-0.25, -0.2) is 0 Å². The Labute approximate surface area is 127 Å². The number of hydrogen-bond donors (Lipinski definition) is 1. The van der Waals surface area contributed by atoms with E-state index in [9.17, 15) is 4.79 Å². The zero-order chi connectivity index (χ0) is 15.8. The molecule has 118 valence electrons. The normalized spacial score (nSPS) is 15.3. The molecule has 0 fully saturated rings. The van der Waals surface area contributed by atoms with Crippen LogP contribution >= 0.6 is 0 Å². The van der Waals surface area contributed by atoms with E-state index in [2.05, 4.69) is 13.8 Å². The van der Waals surface area contributed by atoms with Crippen molar-refractivity contribution >= 4 is 5.97 Å². The van der Waals surface area contributed by atoms with Crippen LogP contribution in [0.5, 0.6) is 5.75 Å². The molecule has 21 heavy (non-hydrogen) atoms. The first kappa shape index (κ1) is 17.5. The van der Waals surface area contributed by atoms with Crippen LogP contribution in [0.4, 0.5) is 0 Å². The molecule has 1 unspecified atom stereocenters. The van der Waals surface area contributed by atoms with E-state index in [1.807, 2.05) is 37.3 Å². The predicted molar refractivity (Wildman–Crippen MR) is 84.1 cm³/mol. The maximum absolute atomic E-state index is 11.8. The third kappa shape index (κ3) is 5.38. The fraction of sp³-hybridized carbons (Fsp3) is 0.588. The van der Waals surface area contributed by atoms with Gasteiger partial charge in [0.2, 0.25) is 0 Å². The van der Waals surface area contributed by atoms with E-state index < -0.39 is 6.04 Å².